The molecule has 0 aliphatic carbocycles. The third kappa shape index (κ3) is 4.31. The highest BCUT2D eigenvalue weighted by Gasteiger charge is 2.16. The van der Waals surface area contributed by atoms with E-state index in [0.29, 0.717) is 0 Å². The predicted molar refractivity (Wildman–Crippen MR) is 66.2 cm³/mol. The number of aliphatic hydroxyl groups excluding tert-OH is 1. The van der Waals surface area contributed by atoms with Crippen molar-refractivity contribution in [1.82, 2.24) is 5.32 Å². The molecule has 4 heteroatoms. The van der Waals surface area contributed by atoms with Crippen LogP contribution in [0.1, 0.15) is 30.7 Å². The van der Waals surface area contributed by atoms with Crippen LogP contribution < -0.4 is 5.32 Å². The number of hydrogen-bond acceptors (Lipinski definition) is 4. The lowest BCUT2D eigenvalue weighted by Crippen LogP contribution is -2.29. The molecule has 1 heterocycles. The lowest BCUT2D eigenvalue weighted by Gasteiger charge is -2.23. The smallest absolute Gasteiger partial charge is 0.100 e. The summed E-state index contributed by atoms with van der Waals surface area (Å²) in [7, 11) is 0. The van der Waals surface area contributed by atoms with Crippen LogP contribution in [0.4, 0.5) is 0 Å². The Morgan fingerprint density at radius 3 is 2.88 bits per heavy atom. The first-order valence-electron chi connectivity index (χ1n) is 5.36. The number of hydrogen-bond donors (Lipinski definition) is 2. The minimum absolute atomic E-state index is 0.115. The zero-order valence-corrected chi connectivity index (χ0v) is 10.6. The molecule has 3 nitrogen and oxygen atoms in total. The molecule has 0 bridgehead atoms. The largest absolute Gasteiger partial charge is 0.396 e. The average Bonchev–Trinajstić information content (AvgIpc) is 2.65. The summed E-state index contributed by atoms with van der Waals surface area (Å²) in [6, 6.07) is 4.04. The molecule has 16 heavy (non-hydrogen) atoms. The molecule has 0 saturated heterocycles. The van der Waals surface area contributed by atoms with E-state index in [1.54, 1.807) is 11.3 Å². The number of nitrogens with zero attached hydrogens (tertiary/aromatic N) is 1. The van der Waals surface area contributed by atoms with Crippen molar-refractivity contribution in [1.29, 1.82) is 5.26 Å². The monoisotopic (exact) mass is 238 g/mol. The molecule has 0 unspecified atom stereocenters. The van der Waals surface area contributed by atoms with E-state index >= 15 is 0 Å². The van der Waals surface area contributed by atoms with Gasteiger partial charge in [-0.25, -0.2) is 0 Å². The van der Waals surface area contributed by atoms with Gasteiger partial charge >= 0.3 is 0 Å². The summed E-state index contributed by atoms with van der Waals surface area (Å²) >= 11 is 1.60. The van der Waals surface area contributed by atoms with Gasteiger partial charge in [0.1, 0.15) is 6.07 Å². The van der Waals surface area contributed by atoms with Gasteiger partial charge in [-0.15, -0.1) is 11.3 Å². The zero-order chi connectivity index (χ0) is 12.0. The molecular weight excluding hydrogens is 220 g/mol. The van der Waals surface area contributed by atoms with E-state index in [4.69, 9.17) is 10.4 Å². The summed E-state index contributed by atoms with van der Waals surface area (Å²) in [6.45, 7) is 6.15. The molecule has 0 atom stereocenters. The molecule has 0 saturated carbocycles. The molecule has 0 radical (unpaired) electrons. The van der Waals surface area contributed by atoms with Crippen LogP contribution in [0.25, 0.3) is 0 Å². The number of thiophene rings is 1. The molecule has 1 rings (SSSR count). The fourth-order valence-corrected chi connectivity index (χ4v) is 2.23. The maximum Gasteiger partial charge on any atom is 0.100 e. The number of nitriles is 1. The van der Waals surface area contributed by atoms with Crippen molar-refractivity contribution in [2.75, 3.05) is 13.2 Å². The Kier molecular flexibility index (Phi) is 4.94. The summed E-state index contributed by atoms with van der Waals surface area (Å²) < 4.78 is 0. The molecule has 0 fully saturated rings. The Balaban J connectivity index is 2.33. The average molecular weight is 238 g/mol. The first kappa shape index (κ1) is 13.2. The molecule has 0 aromatic carbocycles. The van der Waals surface area contributed by atoms with Gasteiger partial charge in [0, 0.05) is 30.0 Å². The summed E-state index contributed by atoms with van der Waals surface area (Å²) in [5.41, 5.74) is 0.848. The van der Waals surface area contributed by atoms with Crippen LogP contribution in [0, 0.1) is 16.7 Å². The molecule has 88 valence electrons. The van der Waals surface area contributed by atoms with E-state index in [0.717, 1.165) is 25.1 Å². The minimum atomic E-state index is 0.115. The maximum atomic E-state index is 8.89. The minimum Gasteiger partial charge on any atom is -0.396 e. The standard InChI is InChI=1S/C12H18N2OS/c1-12(2,3-4-15)9-14-7-11-5-10(6-13)8-16-11/h5,8,14-15H,3-4,7,9H2,1-2H3. The molecule has 0 aliphatic rings. The van der Waals surface area contributed by atoms with Crippen LogP contribution in [0.3, 0.4) is 0 Å². The Hall–Kier alpha value is -0.890. The number of nitrogens with one attached hydrogen (secondary N) is 1. The van der Waals surface area contributed by atoms with E-state index in [1.807, 2.05) is 11.4 Å². The van der Waals surface area contributed by atoms with Crippen LogP contribution >= 0.6 is 11.3 Å². The quantitative estimate of drug-likeness (QED) is 0.798. The fraction of sp³-hybridized carbons (Fsp3) is 0.583. The highest BCUT2D eigenvalue weighted by molar-refractivity contribution is 7.10. The Labute approximate surface area is 101 Å². The van der Waals surface area contributed by atoms with Gasteiger partial charge in [0.2, 0.25) is 0 Å². The molecule has 0 aliphatic heterocycles. The van der Waals surface area contributed by atoms with Crippen LogP contribution in [-0.4, -0.2) is 18.3 Å². The lowest BCUT2D eigenvalue weighted by atomic mass is 9.90. The second-order valence-electron chi connectivity index (χ2n) is 4.65. The third-order valence-corrected chi connectivity index (χ3v) is 3.41. The van der Waals surface area contributed by atoms with Crippen molar-refractivity contribution >= 4 is 11.3 Å². The van der Waals surface area contributed by atoms with Gasteiger partial charge in [0.15, 0.2) is 0 Å². The van der Waals surface area contributed by atoms with Crippen LogP contribution in [0.15, 0.2) is 11.4 Å². The van der Waals surface area contributed by atoms with Crippen LogP contribution in [0.2, 0.25) is 0 Å². The highest BCUT2D eigenvalue weighted by atomic mass is 32.1. The van der Waals surface area contributed by atoms with Gasteiger partial charge in [-0.3, -0.25) is 0 Å². The summed E-state index contributed by atoms with van der Waals surface area (Å²) in [4.78, 5) is 1.18. The van der Waals surface area contributed by atoms with Gasteiger partial charge in [0.25, 0.3) is 0 Å². The van der Waals surface area contributed by atoms with Gasteiger partial charge in [-0.1, -0.05) is 13.8 Å². The van der Waals surface area contributed by atoms with E-state index in [-0.39, 0.29) is 12.0 Å². The topological polar surface area (TPSA) is 56.0 Å². The summed E-state index contributed by atoms with van der Waals surface area (Å²) in [5, 5.41) is 22.8. The zero-order valence-electron chi connectivity index (χ0n) is 9.79. The number of aliphatic hydroxyl groups is 1. The van der Waals surface area contributed by atoms with E-state index < -0.39 is 0 Å². The predicted octanol–water partition coefficient (Wildman–Crippen LogP) is 2.12. The molecular formula is C12H18N2OS. The van der Waals surface area contributed by atoms with Crippen molar-refractivity contribution in [3.63, 3.8) is 0 Å². The normalized spacial score (nSPS) is 11.4. The van der Waals surface area contributed by atoms with Crippen molar-refractivity contribution in [3.8, 4) is 6.07 Å². The van der Waals surface area contributed by atoms with Gasteiger partial charge < -0.3 is 10.4 Å². The van der Waals surface area contributed by atoms with Crippen molar-refractivity contribution < 1.29 is 5.11 Å². The third-order valence-electron chi connectivity index (χ3n) is 2.47. The first-order chi connectivity index (χ1) is 7.57. The number of rotatable bonds is 6. The molecule has 0 amide bonds. The van der Waals surface area contributed by atoms with Gasteiger partial charge in [-0.05, 0) is 17.9 Å². The van der Waals surface area contributed by atoms with Crippen molar-refractivity contribution in [2.45, 2.75) is 26.8 Å². The lowest BCUT2D eigenvalue weighted by molar-refractivity contribution is 0.207. The van der Waals surface area contributed by atoms with Crippen LogP contribution in [0.5, 0.6) is 0 Å². The van der Waals surface area contributed by atoms with E-state index in [2.05, 4.69) is 25.2 Å². The van der Waals surface area contributed by atoms with Crippen molar-refractivity contribution in [2.24, 2.45) is 5.41 Å². The fourth-order valence-electron chi connectivity index (χ4n) is 1.45. The Morgan fingerprint density at radius 1 is 1.56 bits per heavy atom. The van der Waals surface area contributed by atoms with E-state index in [9.17, 15) is 0 Å². The first-order valence-corrected chi connectivity index (χ1v) is 6.24. The maximum absolute atomic E-state index is 8.89. The Morgan fingerprint density at radius 2 is 2.31 bits per heavy atom. The second kappa shape index (κ2) is 6.00. The second-order valence-corrected chi connectivity index (χ2v) is 5.65. The summed E-state index contributed by atoms with van der Waals surface area (Å²) in [5.74, 6) is 0. The Bertz CT molecular complexity index is 365. The SMILES string of the molecule is CC(C)(CCO)CNCc1cc(C#N)cs1. The summed E-state index contributed by atoms with van der Waals surface area (Å²) in [6.07, 6.45) is 0.799. The molecule has 0 spiro atoms. The van der Waals surface area contributed by atoms with Gasteiger partial charge in [0.05, 0.1) is 5.56 Å². The molecule has 2 N–H and O–H groups in total. The highest BCUT2D eigenvalue weighted by Crippen LogP contribution is 2.19. The van der Waals surface area contributed by atoms with Crippen LogP contribution in [-0.2, 0) is 6.54 Å². The van der Waals surface area contributed by atoms with E-state index in [1.165, 1.54) is 4.88 Å². The van der Waals surface area contributed by atoms with Crippen molar-refractivity contribution in [3.05, 3.63) is 21.9 Å². The molecule has 1 aromatic rings. The van der Waals surface area contributed by atoms with Gasteiger partial charge in [-0.2, -0.15) is 5.26 Å². The molecule has 1 aromatic heterocycles.